The minimum atomic E-state index is 1.06. The molecule has 0 radical (unpaired) electrons. The van der Waals surface area contributed by atoms with Crippen molar-refractivity contribution in [2.75, 3.05) is 11.9 Å². The third-order valence-corrected chi connectivity index (χ3v) is 1.96. The van der Waals surface area contributed by atoms with Crippen LogP contribution in [0.5, 0.6) is 0 Å². The molecule has 0 aliphatic heterocycles. The van der Waals surface area contributed by atoms with Crippen LogP contribution in [0.25, 0.3) is 0 Å². The molecule has 0 aromatic heterocycles. The van der Waals surface area contributed by atoms with Gasteiger partial charge in [0, 0.05) is 18.4 Å². The van der Waals surface area contributed by atoms with Crippen molar-refractivity contribution >= 4 is 5.69 Å². The predicted molar refractivity (Wildman–Crippen MR) is 88.4 cm³/mol. The van der Waals surface area contributed by atoms with Gasteiger partial charge in [0.2, 0.25) is 0 Å². The molecule has 18 heavy (non-hydrogen) atoms. The molecule has 0 saturated carbocycles. The lowest BCUT2D eigenvalue weighted by Crippen LogP contribution is -2.12. The fourth-order valence-corrected chi connectivity index (χ4v) is 1.06. The van der Waals surface area contributed by atoms with E-state index in [0.717, 1.165) is 5.70 Å². The second-order valence-corrected chi connectivity index (χ2v) is 3.13. The molecule has 0 heterocycles. The van der Waals surface area contributed by atoms with E-state index in [1.807, 2.05) is 55.5 Å². The van der Waals surface area contributed by atoms with Crippen LogP contribution in [0.3, 0.4) is 0 Å². The number of aryl methyl sites for hydroxylation is 1. The smallest absolute Gasteiger partial charge is 0.0407 e. The molecular weight excluding hydrogens is 218 g/mol. The van der Waals surface area contributed by atoms with Gasteiger partial charge < -0.3 is 4.90 Å². The molecule has 0 unspecified atom stereocenters. The molecule has 1 rings (SSSR count). The summed E-state index contributed by atoms with van der Waals surface area (Å²) < 4.78 is 0. The zero-order valence-electron chi connectivity index (χ0n) is 14.0. The van der Waals surface area contributed by atoms with Gasteiger partial charge in [-0.05, 0) is 31.5 Å². The van der Waals surface area contributed by atoms with Crippen LogP contribution in [-0.2, 0) is 0 Å². The summed E-state index contributed by atoms with van der Waals surface area (Å²) in [6.07, 6.45) is 0. The van der Waals surface area contributed by atoms with E-state index < -0.39 is 0 Å². The van der Waals surface area contributed by atoms with Crippen molar-refractivity contribution < 1.29 is 0 Å². The molecule has 0 spiro atoms. The number of rotatable bonds is 2. The van der Waals surface area contributed by atoms with E-state index in [0.29, 0.717) is 0 Å². The van der Waals surface area contributed by atoms with Crippen molar-refractivity contribution in [1.29, 1.82) is 0 Å². The molecule has 0 bridgehead atoms. The lowest BCUT2D eigenvalue weighted by Gasteiger charge is -2.19. The average Bonchev–Trinajstić information content (AvgIpc) is 2.44. The van der Waals surface area contributed by atoms with E-state index in [9.17, 15) is 0 Å². The normalized spacial score (nSPS) is 7.39. The number of hydrogen-bond donors (Lipinski definition) is 0. The van der Waals surface area contributed by atoms with Crippen LogP contribution in [0.1, 0.15) is 54.0 Å². The number of benzene rings is 1. The zero-order valence-corrected chi connectivity index (χ0v) is 14.0. The van der Waals surface area contributed by atoms with Gasteiger partial charge in [0.05, 0.1) is 0 Å². The summed E-state index contributed by atoms with van der Waals surface area (Å²) in [4.78, 5) is 2.08. The van der Waals surface area contributed by atoms with E-state index in [1.54, 1.807) is 0 Å². The summed E-state index contributed by atoms with van der Waals surface area (Å²) in [5.41, 5.74) is 3.53. The largest absolute Gasteiger partial charge is 0.349 e. The summed E-state index contributed by atoms with van der Waals surface area (Å²) in [5.74, 6) is 0. The second kappa shape index (κ2) is 15.8. The van der Waals surface area contributed by atoms with Crippen molar-refractivity contribution in [1.82, 2.24) is 0 Å². The van der Waals surface area contributed by atoms with E-state index in [-0.39, 0.29) is 0 Å². The van der Waals surface area contributed by atoms with Crippen LogP contribution >= 0.6 is 0 Å². The molecule has 1 heteroatoms. The van der Waals surface area contributed by atoms with Crippen molar-refractivity contribution in [3.63, 3.8) is 0 Å². The van der Waals surface area contributed by atoms with Gasteiger partial charge in [0.15, 0.2) is 0 Å². The average molecular weight is 251 g/mol. The first-order valence-corrected chi connectivity index (χ1v) is 7.07. The van der Waals surface area contributed by atoms with Crippen LogP contribution in [0.15, 0.2) is 36.5 Å². The highest BCUT2D eigenvalue weighted by Gasteiger charge is 1.99. The van der Waals surface area contributed by atoms with Crippen molar-refractivity contribution in [3.8, 4) is 0 Å². The molecule has 0 N–H and O–H groups in total. The minimum Gasteiger partial charge on any atom is -0.349 e. The first-order valence-electron chi connectivity index (χ1n) is 7.07. The van der Waals surface area contributed by atoms with Crippen molar-refractivity contribution in [2.45, 2.75) is 55.4 Å². The molecule has 1 aromatic rings. The van der Waals surface area contributed by atoms with Crippen LogP contribution < -0.4 is 4.90 Å². The summed E-state index contributed by atoms with van der Waals surface area (Å²) in [7, 11) is 2.02. The van der Waals surface area contributed by atoms with Crippen LogP contribution in [-0.4, -0.2) is 7.05 Å². The first-order chi connectivity index (χ1) is 8.61. The summed E-state index contributed by atoms with van der Waals surface area (Å²) in [5, 5.41) is 0. The van der Waals surface area contributed by atoms with Gasteiger partial charge >= 0.3 is 0 Å². The lowest BCUT2D eigenvalue weighted by atomic mass is 10.2. The first kappa shape index (κ1) is 22.0. The Morgan fingerprint density at radius 2 is 1.44 bits per heavy atom. The fraction of sp³-hybridized carbons (Fsp3) is 0.529. The van der Waals surface area contributed by atoms with Gasteiger partial charge in [-0.15, -0.1) is 0 Å². The van der Waals surface area contributed by atoms with Crippen LogP contribution in [0.2, 0.25) is 0 Å². The Morgan fingerprint density at radius 1 is 1.00 bits per heavy atom. The molecule has 1 aromatic carbocycles. The molecule has 0 aliphatic carbocycles. The Hall–Kier alpha value is -1.24. The van der Waals surface area contributed by atoms with E-state index >= 15 is 0 Å². The zero-order chi connectivity index (χ0) is 15.1. The Labute approximate surface area is 116 Å². The highest BCUT2D eigenvalue weighted by Crippen LogP contribution is 2.16. The van der Waals surface area contributed by atoms with Crippen LogP contribution in [0, 0.1) is 6.92 Å². The van der Waals surface area contributed by atoms with Gasteiger partial charge in [0.1, 0.15) is 0 Å². The molecule has 0 fully saturated rings. The molecule has 0 aliphatic rings. The monoisotopic (exact) mass is 251 g/mol. The van der Waals surface area contributed by atoms with E-state index in [2.05, 4.69) is 42.7 Å². The fourth-order valence-electron chi connectivity index (χ4n) is 1.06. The summed E-state index contributed by atoms with van der Waals surface area (Å²) >= 11 is 0. The quantitative estimate of drug-likeness (QED) is 0.619. The van der Waals surface area contributed by atoms with Gasteiger partial charge in [-0.3, -0.25) is 0 Å². The number of hydrogen-bond acceptors (Lipinski definition) is 1. The highest BCUT2D eigenvalue weighted by molar-refractivity contribution is 5.51. The predicted octanol–water partition coefficient (Wildman–Crippen LogP) is 6.04. The van der Waals surface area contributed by atoms with Crippen molar-refractivity contribution in [2.24, 2.45) is 0 Å². The number of nitrogens with zero attached hydrogens (tertiary/aromatic N) is 1. The Balaban J connectivity index is -0.000000328. The maximum absolute atomic E-state index is 3.89. The number of anilines is 1. The third-order valence-electron chi connectivity index (χ3n) is 1.96. The molecule has 0 atom stereocenters. The lowest BCUT2D eigenvalue weighted by molar-refractivity contribution is 1.10. The Kier molecular flexibility index (Phi) is 19.3. The van der Waals surface area contributed by atoms with Crippen molar-refractivity contribution in [3.05, 3.63) is 42.1 Å². The Morgan fingerprint density at radius 3 is 1.78 bits per heavy atom. The maximum Gasteiger partial charge on any atom is 0.0407 e. The number of allylic oxidation sites excluding steroid dienone is 1. The molecule has 1 nitrogen and oxygen atoms in total. The van der Waals surface area contributed by atoms with Gasteiger partial charge in [-0.2, -0.15) is 0 Å². The molecular formula is C17H33N. The highest BCUT2D eigenvalue weighted by atomic mass is 15.1. The SMILES string of the molecule is C=C(C)N(C)c1cccc(C)c1.CC.CC.CC. The van der Waals surface area contributed by atoms with Crippen LogP contribution in [0.4, 0.5) is 5.69 Å². The van der Waals surface area contributed by atoms with E-state index in [1.165, 1.54) is 11.3 Å². The third kappa shape index (κ3) is 9.95. The minimum absolute atomic E-state index is 1.06. The Bertz CT molecular complexity index is 289. The maximum atomic E-state index is 3.89. The van der Waals surface area contributed by atoms with Gasteiger partial charge in [-0.25, -0.2) is 0 Å². The van der Waals surface area contributed by atoms with Gasteiger partial charge in [0.25, 0.3) is 0 Å². The topological polar surface area (TPSA) is 3.24 Å². The molecule has 0 saturated heterocycles. The van der Waals surface area contributed by atoms with E-state index in [4.69, 9.17) is 0 Å². The summed E-state index contributed by atoms with van der Waals surface area (Å²) in [6.45, 7) is 20.0. The molecule has 106 valence electrons. The standard InChI is InChI=1S/C11H15N.3C2H6/c1-9(2)12(4)11-7-5-6-10(3)8-11;3*1-2/h5-8H,1H2,2-4H3;3*1-2H3. The molecule has 0 amide bonds. The second-order valence-electron chi connectivity index (χ2n) is 3.13. The summed E-state index contributed by atoms with van der Waals surface area (Å²) in [6, 6.07) is 8.39. The van der Waals surface area contributed by atoms with Gasteiger partial charge in [-0.1, -0.05) is 60.3 Å².